The molecule has 9 atom stereocenters. The van der Waals surface area contributed by atoms with Gasteiger partial charge in [-0.3, -0.25) is 0 Å². The van der Waals surface area contributed by atoms with Gasteiger partial charge in [0, 0.05) is 11.2 Å². The van der Waals surface area contributed by atoms with Gasteiger partial charge in [0.2, 0.25) is 0 Å². The van der Waals surface area contributed by atoms with E-state index in [2.05, 4.69) is 49.8 Å². The van der Waals surface area contributed by atoms with Crippen molar-refractivity contribution in [2.75, 3.05) is 7.11 Å². The van der Waals surface area contributed by atoms with E-state index in [0.29, 0.717) is 17.8 Å². The summed E-state index contributed by atoms with van der Waals surface area (Å²) in [6.45, 7) is 11.1. The molecule has 0 aromatic rings. The Labute approximate surface area is 165 Å². The Balaban J connectivity index is 1.72. The van der Waals surface area contributed by atoms with Gasteiger partial charge < -0.3 is 19.0 Å². The smallest absolute Gasteiger partial charge is 0.340 e. The first kappa shape index (κ1) is 19.4. The van der Waals surface area contributed by atoms with Crippen molar-refractivity contribution in [3.63, 3.8) is 0 Å². The predicted molar refractivity (Wildman–Crippen MR) is 104 cm³/mol. The Morgan fingerprint density at radius 3 is 2.50 bits per heavy atom. The molecule has 0 aromatic carbocycles. The molecule has 4 rings (SSSR count). The maximum atomic E-state index is 12.6. The zero-order chi connectivity index (χ0) is 19.2. The molecule has 3 aliphatic carbocycles. The molecular weight excluding hydrogens is 416 g/mol. The fourth-order valence-electron chi connectivity index (χ4n) is 5.80. The lowest BCUT2D eigenvalue weighted by molar-refractivity contribution is -0.199. The molecule has 0 unspecified atom stereocenters. The second kappa shape index (κ2) is 5.78. The molecule has 0 spiro atoms. The van der Waals surface area contributed by atoms with Gasteiger partial charge in [0.25, 0.3) is 0 Å². The molecule has 26 heavy (non-hydrogen) atoms. The highest BCUT2D eigenvalue weighted by Gasteiger charge is 2.74. The van der Waals surface area contributed by atoms with Crippen LogP contribution in [0.4, 0.5) is 0 Å². The van der Waals surface area contributed by atoms with Gasteiger partial charge in [-0.1, -0.05) is 36.7 Å². The van der Waals surface area contributed by atoms with Crippen molar-refractivity contribution < 1.29 is 23.8 Å². The Morgan fingerprint density at radius 2 is 1.92 bits per heavy atom. The number of esters is 1. The first-order valence-electron chi connectivity index (χ1n) is 9.70. The van der Waals surface area contributed by atoms with Gasteiger partial charge >= 0.3 is 5.97 Å². The molecule has 1 heterocycles. The van der Waals surface area contributed by atoms with E-state index < -0.39 is 26.0 Å². The normalized spacial score (nSPS) is 49.5. The molecule has 148 valence electrons. The van der Waals surface area contributed by atoms with Crippen molar-refractivity contribution in [1.29, 1.82) is 0 Å². The van der Waals surface area contributed by atoms with E-state index in [1.54, 1.807) is 0 Å². The largest absolute Gasteiger partial charge is 0.467 e. The number of carbonyl (C=O) groups is 1. The molecule has 0 aromatic heterocycles. The van der Waals surface area contributed by atoms with Crippen molar-refractivity contribution in [3.05, 3.63) is 0 Å². The third kappa shape index (κ3) is 2.39. The van der Waals surface area contributed by atoms with E-state index >= 15 is 0 Å². The minimum Gasteiger partial charge on any atom is -0.467 e. The van der Waals surface area contributed by atoms with Crippen LogP contribution in [0.15, 0.2) is 0 Å². The van der Waals surface area contributed by atoms with Crippen LogP contribution in [0.1, 0.15) is 33.6 Å². The van der Waals surface area contributed by atoms with Crippen molar-refractivity contribution in [3.8, 4) is 0 Å². The zero-order valence-electron chi connectivity index (χ0n) is 16.5. The molecule has 2 bridgehead atoms. The first-order valence-corrected chi connectivity index (χ1v) is 13.5. The number of carbonyl (C=O) groups excluding carboxylic acids is 1. The Hall–Kier alpha value is 0.0469. The topological polar surface area (TPSA) is 65.0 Å². The first-order chi connectivity index (χ1) is 11.9. The summed E-state index contributed by atoms with van der Waals surface area (Å²) >= 11 is 3.86. The molecule has 0 radical (unpaired) electrons. The van der Waals surface area contributed by atoms with E-state index in [1.165, 1.54) is 7.11 Å². The molecule has 1 aliphatic heterocycles. The summed E-state index contributed by atoms with van der Waals surface area (Å²) < 4.78 is 18.1. The van der Waals surface area contributed by atoms with Gasteiger partial charge in [0.1, 0.15) is 6.10 Å². The molecule has 1 N–H and O–H groups in total. The van der Waals surface area contributed by atoms with Crippen molar-refractivity contribution in [1.82, 2.24) is 0 Å². The molecule has 3 saturated carbocycles. The summed E-state index contributed by atoms with van der Waals surface area (Å²) in [4.78, 5) is 12.8. The molecule has 0 amide bonds. The molecule has 4 fully saturated rings. The zero-order valence-corrected chi connectivity index (χ0v) is 19.1. The summed E-state index contributed by atoms with van der Waals surface area (Å²) in [5, 5.41) is 11.5. The van der Waals surface area contributed by atoms with E-state index in [-0.39, 0.29) is 34.4 Å². The predicted octanol–water partition coefficient (Wildman–Crippen LogP) is 3.10. The summed E-state index contributed by atoms with van der Waals surface area (Å²) in [6, 6.07) is 0. The number of methoxy groups -OCH3 is 1. The van der Waals surface area contributed by atoms with E-state index in [0.717, 1.165) is 6.42 Å². The lowest BCUT2D eigenvalue weighted by Gasteiger charge is -2.50. The maximum Gasteiger partial charge on any atom is 0.340 e. The van der Waals surface area contributed by atoms with Crippen LogP contribution in [-0.4, -0.2) is 55.2 Å². The van der Waals surface area contributed by atoms with Crippen LogP contribution in [0.25, 0.3) is 0 Å². The van der Waals surface area contributed by atoms with Crippen LogP contribution >= 0.6 is 15.9 Å². The monoisotopic (exact) mass is 446 g/mol. The standard InChI is InChI=1S/C19H31BrO5Si/c1-18(2,3)26(5,6)25-11-8-19(22,17(21)23-4)16-13-10-7-9(12(11)13)14(20)15(10)24-16/h9-16,22H,7-8H2,1-6H3/t9-,10+,11+,12+,13+,14-,15-,16+,19+/m1/s1. The number of hydrogen-bond donors (Lipinski definition) is 1. The average Bonchev–Trinajstić information content (AvgIpc) is 3.14. The van der Waals surface area contributed by atoms with E-state index in [9.17, 15) is 9.90 Å². The Morgan fingerprint density at radius 1 is 1.27 bits per heavy atom. The van der Waals surface area contributed by atoms with E-state index in [1.807, 2.05) is 0 Å². The minimum absolute atomic E-state index is 0.0767. The molecular formula is C19H31BrO5Si. The number of hydrogen-bond acceptors (Lipinski definition) is 5. The van der Waals surface area contributed by atoms with Gasteiger partial charge in [0.05, 0.1) is 19.3 Å². The van der Waals surface area contributed by atoms with Crippen molar-refractivity contribution in [2.24, 2.45) is 23.7 Å². The fourth-order valence-corrected chi connectivity index (χ4v) is 8.24. The highest BCUT2D eigenvalue weighted by molar-refractivity contribution is 9.09. The van der Waals surface area contributed by atoms with Gasteiger partial charge in [-0.05, 0) is 48.2 Å². The number of ether oxygens (including phenoxy) is 2. The highest BCUT2D eigenvalue weighted by Crippen LogP contribution is 2.67. The van der Waals surface area contributed by atoms with Crippen LogP contribution in [0.5, 0.6) is 0 Å². The highest BCUT2D eigenvalue weighted by atomic mass is 79.9. The van der Waals surface area contributed by atoms with Gasteiger partial charge in [0.15, 0.2) is 13.9 Å². The number of fused-ring (bicyclic) bond motifs is 2. The quantitative estimate of drug-likeness (QED) is 0.409. The molecule has 1 saturated heterocycles. The van der Waals surface area contributed by atoms with Crippen molar-refractivity contribution in [2.45, 2.75) is 80.5 Å². The Bertz CT molecular complexity index is 620. The molecule has 5 nitrogen and oxygen atoms in total. The summed E-state index contributed by atoms with van der Waals surface area (Å²) in [5.74, 6) is 0.845. The second-order valence-corrected chi connectivity index (χ2v) is 16.0. The summed E-state index contributed by atoms with van der Waals surface area (Å²) in [5.41, 5.74) is -1.61. The van der Waals surface area contributed by atoms with Gasteiger partial charge in [-0.2, -0.15) is 0 Å². The maximum absolute atomic E-state index is 12.6. The van der Waals surface area contributed by atoms with Crippen LogP contribution < -0.4 is 0 Å². The third-order valence-corrected chi connectivity index (χ3v) is 13.7. The van der Waals surface area contributed by atoms with Gasteiger partial charge in [-0.15, -0.1) is 0 Å². The lowest BCUT2D eigenvalue weighted by atomic mass is 9.64. The molecule has 4 aliphatic rings. The van der Waals surface area contributed by atoms with Crippen LogP contribution in [0, 0.1) is 23.7 Å². The summed E-state index contributed by atoms with van der Waals surface area (Å²) in [7, 11) is -0.699. The summed E-state index contributed by atoms with van der Waals surface area (Å²) in [6.07, 6.45) is 0.865. The molecule has 7 heteroatoms. The number of aliphatic hydroxyl groups is 1. The van der Waals surface area contributed by atoms with Crippen LogP contribution in [0.3, 0.4) is 0 Å². The Kier molecular flexibility index (Phi) is 4.31. The van der Waals surface area contributed by atoms with Crippen LogP contribution in [-0.2, 0) is 18.7 Å². The fraction of sp³-hybridized carbons (Fsp3) is 0.947. The average molecular weight is 447 g/mol. The van der Waals surface area contributed by atoms with E-state index in [4.69, 9.17) is 13.9 Å². The minimum atomic E-state index is -2.04. The number of halogens is 1. The number of rotatable bonds is 3. The van der Waals surface area contributed by atoms with Crippen molar-refractivity contribution >= 4 is 30.2 Å². The lowest BCUT2D eigenvalue weighted by Crippen LogP contribution is -2.63. The number of alkyl halides is 1. The third-order valence-electron chi connectivity index (χ3n) is 7.98. The van der Waals surface area contributed by atoms with Crippen LogP contribution in [0.2, 0.25) is 18.1 Å². The second-order valence-electron chi connectivity index (χ2n) is 10.2. The van der Waals surface area contributed by atoms with Gasteiger partial charge in [-0.25, -0.2) is 4.79 Å². The SMILES string of the molecule is COC(=O)[C@]1(O)C[C@H](O[Si](C)(C)C(C)(C)C)[C@@H]2[C@H]3C[C@@H]4[C@@H](O[C@H]1[C@@H]42)[C@@H]3Br.